The molecule has 1 aromatic heterocycles. The van der Waals surface area contributed by atoms with Crippen LogP contribution in [0, 0.1) is 0 Å². The first-order chi connectivity index (χ1) is 8.49. The van der Waals surface area contributed by atoms with Crippen LogP contribution in [0.25, 0.3) is 0 Å². The summed E-state index contributed by atoms with van der Waals surface area (Å²) in [6.45, 7) is 7.56. The highest BCUT2D eigenvalue weighted by Gasteiger charge is 2.16. The molecule has 0 aliphatic rings. The van der Waals surface area contributed by atoms with Gasteiger partial charge in [-0.1, -0.05) is 19.9 Å². The van der Waals surface area contributed by atoms with Gasteiger partial charge >= 0.3 is 5.69 Å². The van der Waals surface area contributed by atoms with Crippen LogP contribution in [-0.2, 0) is 6.54 Å². The van der Waals surface area contributed by atoms with E-state index in [0.717, 1.165) is 5.75 Å². The summed E-state index contributed by atoms with van der Waals surface area (Å²) in [7, 11) is 0. The maximum Gasteiger partial charge on any atom is 0.331 e. The molecule has 18 heavy (non-hydrogen) atoms. The Balaban J connectivity index is 3.04. The highest BCUT2D eigenvalue weighted by atomic mass is 32.2. The van der Waals surface area contributed by atoms with Crippen molar-refractivity contribution in [1.82, 2.24) is 9.55 Å². The third-order valence-corrected chi connectivity index (χ3v) is 3.42. The number of aromatic amines is 1. The largest absolute Gasteiger partial charge is 0.494 e. The van der Waals surface area contributed by atoms with Crippen LogP contribution in [0.1, 0.15) is 25.3 Å². The minimum atomic E-state index is -0.568. The van der Waals surface area contributed by atoms with Gasteiger partial charge in [-0.05, 0) is 5.92 Å². The lowest BCUT2D eigenvalue weighted by molar-refractivity contribution is 0.395. The zero-order valence-corrected chi connectivity index (χ0v) is 11.4. The molecule has 0 spiro atoms. The van der Waals surface area contributed by atoms with Crippen LogP contribution in [0.15, 0.2) is 22.2 Å². The molecule has 0 aliphatic heterocycles. The van der Waals surface area contributed by atoms with Gasteiger partial charge in [-0.2, -0.15) is 11.8 Å². The summed E-state index contributed by atoms with van der Waals surface area (Å²) in [6.07, 6.45) is 1.78. The number of aromatic hydroxyl groups is 1. The lowest BCUT2D eigenvalue weighted by Gasteiger charge is -2.12. The van der Waals surface area contributed by atoms with Crippen LogP contribution >= 0.6 is 11.8 Å². The fourth-order valence-corrected chi connectivity index (χ4v) is 2.27. The topological polar surface area (TPSA) is 75.1 Å². The molecule has 6 heteroatoms. The molecule has 0 amide bonds. The number of nitrogens with one attached hydrogen (secondary N) is 1. The predicted octanol–water partition coefficient (Wildman–Crippen LogP) is 1.28. The maximum absolute atomic E-state index is 11.6. The van der Waals surface area contributed by atoms with Gasteiger partial charge in [0.1, 0.15) is 0 Å². The number of rotatable bonds is 6. The lowest BCUT2D eigenvalue weighted by Crippen LogP contribution is -2.33. The summed E-state index contributed by atoms with van der Waals surface area (Å²) in [5, 5.41) is 9.99. The Kier molecular flexibility index (Phi) is 5.27. The van der Waals surface area contributed by atoms with Crippen LogP contribution in [0.4, 0.5) is 0 Å². The van der Waals surface area contributed by atoms with E-state index in [-0.39, 0.29) is 17.4 Å². The van der Waals surface area contributed by atoms with Crippen LogP contribution < -0.4 is 11.2 Å². The van der Waals surface area contributed by atoms with E-state index in [1.807, 2.05) is 0 Å². The zero-order valence-electron chi connectivity index (χ0n) is 10.6. The molecule has 0 bridgehead atoms. The second-order valence-electron chi connectivity index (χ2n) is 4.17. The summed E-state index contributed by atoms with van der Waals surface area (Å²) in [5.41, 5.74) is -0.827. The number of aromatic nitrogens is 2. The first-order valence-electron chi connectivity index (χ1n) is 5.73. The smallest absolute Gasteiger partial charge is 0.331 e. The van der Waals surface area contributed by atoms with E-state index >= 15 is 0 Å². The monoisotopic (exact) mass is 270 g/mol. The molecule has 0 saturated carbocycles. The first kappa shape index (κ1) is 14.6. The SMILES string of the molecule is C=CCSCCn1c(O)c(C(C)C)c(=O)[nH]c1=O. The summed E-state index contributed by atoms with van der Waals surface area (Å²) < 4.78 is 1.20. The van der Waals surface area contributed by atoms with Crippen LogP contribution in [-0.4, -0.2) is 26.2 Å². The molecule has 1 heterocycles. The van der Waals surface area contributed by atoms with Gasteiger partial charge in [0.15, 0.2) is 0 Å². The normalized spacial score (nSPS) is 10.8. The van der Waals surface area contributed by atoms with Gasteiger partial charge in [-0.15, -0.1) is 6.58 Å². The molecule has 0 atom stereocenters. The van der Waals surface area contributed by atoms with Gasteiger partial charge < -0.3 is 5.11 Å². The summed E-state index contributed by atoms with van der Waals surface area (Å²) in [6, 6.07) is 0. The molecular weight excluding hydrogens is 252 g/mol. The minimum Gasteiger partial charge on any atom is -0.494 e. The van der Waals surface area contributed by atoms with E-state index in [1.54, 1.807) is 31.7 Å². The summed E-state index contributed by atoms with van der Waals surface area (Å²) >= 11 is 1.60. The molecule has 100 valence electrons. The van der Waals surface area contributed by atoms with Crippen LogP contribution in [0.3, 0.4) is 0 Å². The van der Waals surface area contributed by atoms with Gasteiger partial charge in [0.25, 0.3) is 5.56 Å². The van der Waals surface area contributed by atoms with Gasteiger partial charge in [0.2, 0.25) is 5.88 Å². The van der Waals surface area contributed by atoms with Crippen molar-refractivity contribution in [2.75, 3.05) is 11.5 Å². The van der Waals surface area contributed by atoms with Gasteiger partial charge in [0, 0.05) is 18.1 Å². The zero-order chi connectivity index (χ0) is 13.7. The van der Waals surface area contributed by atoms with E-state index in [1.165, 1.54) is 4.57 Å². The number of thioether (sulfide) groups is 1. The number of nitrogens with zero attached hydrogens (tertiary/aromatic N) is 1. The minimum absolute atomic E-state index is 0.138. The standard InChI is InChI=1S/C12H18N2O3S/c1-4-6-18-7-5-14-11(16)9(8(2)3)10(15)13-12(14)17/h4,8,16H,1,5-7H2,2-3H3,(H,13,15,17). The van der Waals surface area contributed by atoms with E-state index in [4.69, 9.17) is 0 Å². The molecule has 0 unspecified atom stereocenters. The molecule has 0 saturated heterocycles. The predicted molar refractivity (Wildman–Crippen MR) is 74.6 cm³/mol. The fraction of sp³-hybridized carbons (Fsp3) is 0.500. The molecule has 1 rings (SSSR count). The summed E-state index contributed by atoms with van der Waals surface area (Å²) in [4.78, 5) is 25.4. The first-order valence-corrected chi connectivity index (χ1v) is 6.89. The third-order valence-electron chi connectivity index (χ3n) is 2.48. The molecule has 5 nitrogen and oxygen atoms in total. The average Bonchev–Trinajstić information content (AvgIpc) is 2.26. The average molecular weight is 270 g/mol. The van der Waals surface area contributed by atoms with Gasteiger partial charge in [-0.3, -0.25) is 14.3 Å². The highest BCUT2D eigenvalue weighted by molar-refractivity contribution is 7.99. The van der Waals surface area contributed by atoms with Crippen molar-refractivity contribution in [2.45, 2.75) is 26.3 Å². The van der Waals surface area contributed by atoms with Gasteiger partial charge in [0.05, 0.1) is 5.56 Å². The molecule has 1 aromatic rings. The van der Waals surface area contributed by atoms with Crippen molar-refractivity contribution >= 4 is 11.8 Å². The van der Waals surface area contributed by atoms with Crippen LogP contribution in [0.5, 0.6) is 5.88 Å². The van der Waals surface area contributed by atoms with E-state index in [9.17, 15) is 14.7 Å². The Labute approximate surface area is 110 Å². The lowest BCUT2D eigenvalue weighted by atomic mass is 10.1. The number of H-pyrrole nitrogens is 1. The van der Waals surface area contributed by atoms with E-state index in [0.29, 0.717) is 12.3 Å². The Hall–Kier alpha value is -1.43. The Morgan fingerprint density at radius 3 is 2.72 bits per heavy atom. The molecular formula is C12H18N2O3S. The third kappa shape index (κ3) is 3.29. The van der Waals surface area contributed by atoms with Gasteiger partial charge in [-0.25, -0.2) is 4.79 Å². The fourth-order valence-electron chi connectivity index (χ4n) is 1.63. The number of hydrogen-bond acceptors (Lipinski definition) is 4. The Bertz CT molecular complexity index is 531. The molecule has 0 fully saturated rings. The van der Waals surface area contributed by atoms with Crippen molar-refractivity contribution in [3.05, 3.63) is 39.1 Å². The van der Waals surface area contributed by atoms with Crippen molar-refractivity contribution < 1.29 is 5.11 Å². The molecule has 0 aromatic carbocycles. The molecule has 0 radical (unpaired) electrons. The number of hydrogen-bond donors (Lipinski definition) is 2. The maximum atomic E-state index is 11.6. The van der Waals surface area contributed by atoms with Crippen molar-refractivity contribution in [3.8, 4) is 5.88 Å². The van der Waals surface area contributed by atoms with Crippen molar-refractivity contribution in [3.63, 3.8) is 0 Å². The van der Waals surface area contributed by atoms with Crippen molar-refractivity contribution in [2.24, 2.45) is 0 Å². The van der Waals surface area contributed by atoms with E-state index < -0.39 is 11.2 Å². The Morgan fingerprint density at radius 1 is 1.50 bits per heavy atom. The Morgan fingerprint density at radius 2 is 2.17 bits per heavy atom. The van der Waals surface area contributed by atoms with E-state index in [2.05, 4.69) is 11.6 Å². The molecule has 0 aliphatic carbocycles. The molecule has 2 N–H and O–H groups in total. The quantitative estimate of drug-likeness (QED) is 0.603. The van der Waals surface area contributed by atoms with Crippen LogP contribution in [0.2, 0.25) is 0 Å². The highest BCUT2D eigenvalue weighted by Crippen LogP contribution is 2.19. The summed E-state index contributed by atoms with van der Waals surface area (Å²) in [5.74, 6) is 1.10. The second kappa shape index (κ2) is 6.49. The second-order valence-corrected chi connectivity index (χ2v) is 5.32. The van der Waals surface area contributed by atoms with Crippen molar-refractivity contribution in [1.29, 1.82) is 0 Å².